The normalized spacial score (nSPS) is 13.5. The number of rotatable bonds is 36. The van der Waals surface area contributed by atoms with Crippen LogP contribution in [0.4, 0.5) is 0 Å². The first-order valence-electron chi connectivity index (χ1n) is 44.8. The molecule has 0 radical (unpaired) electrons. The first kappa shape index (κ1) is 90.3. The monoisotopic (exact) mass is 1770 g/mol. The minimum Gasteiger partial charge on any atom is -0.461 e. The van der Waals surface area contributed by atoms with Crippen LogP contribution in [0, 0.1) is 35.5 Å². The number of amides is 2. The van der Waals surface area contributed by atoms with E-state index in [9.17, 15) is 43.2 Å². The van der Waals surface area contributed by atoms with Crippen LogP contribution in [0.5, 0.6) is 0 Å². The van der Waals surface area contributed by atoms with Crippen LogP contribution in [0.15, 0.2) is 237 Å². The van der Waals surface area contributed by atoms with Gasteiger partial charge in [-0.25, -0.2) is 34.7 Å². The summed E-state index contributed by atoms with van der Waals surface area (Å²) in [6, 6.07) is 74.1. The number of fused-ring (bicyclic) bond motifs is 20. The fourth-order valence-corrected chi connectivity index (χ4v) is 16.7. The number of aromatic nitrogens is 8. The van der Waals surface area contributed by atoms with Gasteiger partial charge in [-0.15, -0.1) is 5.06 Å². The van der Waals surface area contributed by atoms with E-state index >= 15 is 0 Å². The van der Waals surface area contributed by atoms with Crippen molar-refractivity contribution in [2.24, 2.45) is 35.5 Å². The number of ether oxygens (including phenoxy) is 6. The van der Waals surface area contributed by atoms with Crippen LogP contribution in [-0.4, -0.2) is 98.5 Å². The molecule has 3 aromatic heterocycles. The molecule has 25 nitrogen and oxygen atoms in total. The fraction of sp³-hybridized carbons (Fsp3) is 0.280. The second kappa shape index (κ2) is 41.6. The maximum atomic E-state index is 14.4. The summed E-state index contributed by atoms with van der Waals surface area (Å²) in [5, 5.41) is 2.80. The Kier molecular flexibility index (Phi) is 28.5. The molecule has 8 bridgehead atoms. The Labute approximate surface area is 763 Å². The topological polar surface area (TPSA) is 330 Å². The van der Waals surface area contributed by atoms with E-state index in [-0.39, 0.29) is 132 Å². The SMILES string of the molecule is CC(Cc1cc2c(cc1CC(C)C(=O)OCc1ccccc1)-c1nc-2nc2[nH]c(nc3nc(nc4[nH]c(n1)c1cc(CC(C)C(=O)OCc5ccccc5)c(CC(C)C(=O)OCc5ccccc5)cc41)-c1cc(CC(C)C(=O)OCc4ccccc4)c(CC(C)C(=O)OCc4ccccc4)cc1-3)c1cc(CCCCC(=O)ON3C(=O)CCC3=O)ccc21)C(=O)OCc1ccccc1. The first-order chi connectivity index (χ1) is 64.0. The van der Waals surface area contributed by atoms with Crippen LogP contribution in [0.3, 0.4) is 0 Å². The molecule has 3 aliphatic rings. The highest BCUT2D eigenvalue weighted by molar-refractivity contribution is 6.07. The molecule has 6 atom stereocenters. The van der Waals surface area contributed by atoms with Crippen molar-refractivity contribution in [3.05, 3.63) is 309 Å². The number of hydrogen-bond acceptors (Lipinski definition) is 22. The van der Waals surface area contributed by atoms with E-state index in [1.165, 1.54) is 0 Å². The van der Waals surface area contributed by atoms with Crippen molar-refractivity contribution in [3.8, 4) is 45.6 Å². The van der Waals surface area contributed by atoms with Gasteiger partial charge in [-0.05, 0) is 173 Å². The number of imide groups is 1. The highest BCUT2D eigenvalue weighted by Gasteiger charge is 2.35. The van der Waals surface area contributed by atoms with Crippen molar-refractivity contribution in [1.82, 2.24) is 44.9 Å². The number of H-pyrrole nitrogens is 2. The van der Waals surface area contributed by atoms with E-state index in [1.807, 2.05) is 237 Å². The molecule has 16 rings (SSSR count). The Morgan fingerprint density at radius 3 is 0.818 bits per heavy atom. The maximum absolute atomic E-state index is 14.4. The van der Waals surface area contributed by atoms with Crippen LogP contribution in [0.1, 0.15) is 146 Å². The molecule has 0 spiro atoms. The molecule has 2 amide bonds. The number of nitrogens with zero attached hydrogens (tertiary/aromatic N) is 7. The van der Waals surface area contributed by atoms with Gasteiger partial charge in [0, 0.05) is 63.1 Å². The summed E-state index contributed by atoms with van der Waals surface area (Å²) >= 11 is 0. The first-order valence-corrected chi connectivity index (χ1v) is 44.8. The van der Waals surface area contributed by atoms with Crippen LogP contribution in [0.25, 0.3) is 89.7 Å². The molecule has 13 aromatic rings. The van der Waals surface area contributed by atoms with E-state index in [1.54, 1.807) is 41.5 Å². The zero-order valence-electron chi connectivity index (χ0n) is 74.4. The average molecular weight is 1770 g/mol. The molecular formula is C107H101N9O16. The average Bonchev–Trinajstić information content (AvgIpc) is 1.59. The number of benzene rings is 10. The van der Waals surface area contributed by atoms with Crippen molar-refractivity contribution in [1.29, 1.82) is 0 Å². The number of carbonyl (C=O) groups excluding carboxylic acids is 9. The lowest BCUT2D eigenvalue weighted by atomic mass is 9.88. The standard InChI is InChI=1S/C107H101N9O16/c1-64(102(120)126-58-71-28-13-7-14-29-71)45-77-52-85-86(53-78(77)46-65(2)103(121)127-59-72-30-15-8-16-31-72)98-111-96(85)109-94-83-42-41-70(27-25-26-40-93(119)132-116-91(117)43-44-92(116)118)51-84(83)95(108-94)110-97-87-54-79(47-66(3)104(122)128-60-73-32-17-9-18-33-73)80(48-67(4)105(123)129-61-74-34-19-10-20-35-74)55-88(87)99(112-97)114-101-90-57-82(50-69(6)107(125)131-63-76-38-23-12-24-39-76)81(56-89(90)100(113-98)115-101)49-68(5)106(124)130-62-75-36-21-11-22-37-75/h7-24,28-39,41-42,51-57,64-69H,25-27,40,43-50,58-63H2,1-6H3,(H2,108,109,110,111,112,113,114,115). The van der Waals surface area contributed by atoms with Crippen molar-refractivity contribution in [2.75, 3.05) is 0 Å². The molecule has 132 heavy (non-hydrogen) atoms. The van der Waals surface area contributed by atoms with Crippen LogP contribution in [0.2, 0.25) is 0 Å². The zero-order chi connectivity index (χ0) is 91.9. The fourth-order valence-electron chi connectivity index (χ4n) is 16.7. The van der Waals surface area contributed by atoms with Crippen molar-refractivity contribution >= 4 is 97.7 Å². The number of hydroxylamine groups is 2. The lowest BCUT2D eigenvalue weighted by molar-refractivity contribution is -0.197. The molecule has 25 heteroatoms. The summed E-state index contributed by atoms with van der Waals surface area (Å²) in [6.45, 7) is 11.1. The highest BCUT2D eigenvalue weighted by atomic mass is 16.7. The van der Waals surface area contributed by atoms with E-state index in [0.717, 1.165) is 38.9 Å². The molecule has 0 saturated carbocycles. The Bertz CT molecular complexity index is 6660. The third-order valence-corrected chi connectivity index (χ3v) is 24.1. The smallest absolute Gasteiger partial charge is 0.333 e. The van der Waals surface area contributed by atoms with Gasteiger partial charge >= 0.3 is 41.8 Å². The summed E-state index contributed by atoms with van der Waals surface area (Å²) < 4.78 is 36.1. The number of aryl methyl sites for hydroxylation is 1. The molecule has 6 unspecified atom stereocenters. The third kappa shape index (κ3) is 22.1. The van der Waals surface area contributed by atoms with E-state index in [2.05, 4.69) is 9.97 Å². The van der Waals surface area contributed by atoms with Gasteiger partial charge in [0.2, 0.25) is 0 Å². The minimum atomic E-state index is -0.733. The van der Waals surface area contributed by atoms with Gasteiger partial charge in [0.05, 0.1) is 35.5 Å². The summed E-state index contributed by atoms with van der Waals surface area (Å²) in [5.41, 5.74) is 13.0. The molecule has 3 aliphatic heterocycles. The second-order valence-corrected chi connectivity index (χ2v) is 34.4. The Morgan fingerprint density at radius 1 is 0.295 bits per heavy atom. The van der Waals surface area contributed by atoms with Gasteiger partial charge < -0.3 is 43.2 Å². The van der Waals surface area contributed by atoms with E-state index in [0.29, 0.717) is 113 Å². The van der Waals surface area contributed by atoms with Crippen LogP contribution < -0.4 is 0 Å². The predicted molar refractivity (Wildman–Crippen MR) is 495 cm³/mol. The van der Waals surface area contributed by atoms with E-state index in [4.69, 9.17) is 63.2 Å². The maximum Gasteiger partial charge on any atom is 0.333 e. The molecule has 6 heterocycles. The summed E-state index contributed by atoms with van der Waals surface area (Å²) in [4.78, 5) is 170. The number of hydrogen-bond donors (Lipinski definition) is 2. The van der Waals surface area contributed by atoms with Crippen molar-refractivity contribution in [2.45, 2.75) is 158 Å². The van der Waals surface area contributed by atoms with Gasteiger partial charge in [-0.3, -0.25) is 38.4 Å². The van der Waals surface area contributed by atoms with Crippen molar-refractivity contribution < 1.29 is 76.4 Å². The molecule has 10 aromatic carbocycles. The van der Waals surface area contributed by atoms with Gasteiger partial charge in [-0.2, -0.15) is 0 Å². The largest absolute Gasteiger partial charge is 0.461 e. The van der Waals surface area contributed by atoms with Gasteiger partial charge in [0.25, 0.3) is 11.8 Å². The Morgan fingerprint density at radius 2 is 0.545 bits per heavy atom. The quantitative estimate of drug-likeness (QED) is 0.0159. The lowest BCUT2D eigenvalue weighted by Crippen LogP contribution is -2.31. The highest BCUT2D eigenvalue weighted by Crippen LogP contribution is 2.43. The number of unbranched alkanes of at least 4 members (excludes halogenated alkanes) is 1. The number of esters is 6. The molecule has 670 valence electrons. The molecule has 1 saturated heterocycles. The van der Waals surface area contributed by atoms with Crippen LogP contribution in [-0.2, 0) is 161 Å². The number of nitrogens with one attached hydrogen (secondary N) is 2. The van der Waals surface area contributed by atoms with Gasteiger partial charge in [0.15, 0.2) is 23.3 Å². The number of aromatic amines is 2. The summed E-state index contributed by atoms with van der Waals surface area (Å²) in [6.07, 6.45) is 2.02. The Hall–Kier alpha value is -15.0. The molecule has 0 aliphatic carbocycles. The van der Waals surface area contributed by atoms with Crippen LogP contribution >= 0.6 is 0 Å². The zero-order valence-corrected chi connectivity index (χ0v) is 74.4. The Balaban J connectivity index is 0.909. The second-order valence-electron chi connectivity index (χ2n) is 34.4. The number of carbonyl (C=O) groups is 9. The van der Waals surface area contributed by atoms with E-state index < -0.39 is 89.1 Å². The molecule has 1 fully saturated rings. The summed E-state index contributed by atoms with van der Waals surface area (Å²) in [7, 11) is 0. The van der Waals surface area contributed by atoms with Crippen molar-refractivity contribution in [3.63, 3.8) is 0 Å². The molecule has 2 N–H and O–H groups in total. The predicted octanol–water partition coefficient (Wildman–Crippen LogP) is 18.7. The minimum absolute atomic E-state index is 0.0350. The molecular weight excluding hydrogens is 1670 g/mol. The third-order valence-electron chi connectivity index (χ3n) is 24.1. The summed E-state index contributed by atoms with van der Waals surface area (Å²) in [5.74, 6) is -8.16. The van der Waals surface area contributed by atoms with Gasteiger partial charge in [-0.1, -0.05) is 236 Å². The van der Waals surface area contributed by atoms with Gasteiger partial charge in [0.1, 0.15) is 62.2 Å². The lowest BCUT2D eigenvalue weighted by Gasteiger charge is -2.18.